The quantitative estimate of drug-likeness (QED) is 0.195. The highest BCUT2D eigenvalue weighted by Gasteiger charge is 2.12. The van der Waals surface area contributed by atoms with E-state index in [1.54, 1.807) is 12.3 Å². The van der Waals surface area contributed by atoms with E-state index in [1.807, 2.05) is 60.7 Å². The number of rotatable bonds is 6. The highest BCUT2D eigenvalue weighted by Crippen LogP contribution is 2.24. The summed E-state index contributed by atoms with van der Waals surface area (Å²) in [6.07, 6.45) is 3.61. The number of methoxy groups -OCH3 is 2. The van der Waals surface area contributed by atoms with Crippen molar-refractivity contribution in [1.29, 1.82) is 0 Å². The highest BCUT2D eigenvalue weighted by molar-refractivity contribution is 14.1. The van der Waals surface area contributed by atoms with Crippen LogP contribution in [0.1, 0.15) is 11.1 Å². The average molecular weight is 604 g/mol. The van der Waals surface area contributed by atoms with Crippen molar-refractivity contribution in [1.82, 2.24) is 0 Å². The molecule has 2 aromatic carbocycles. The van der Waals surface area contributed by atoms with E-state index in [0.29, 0.717) is 6.42 Å². The zero-order chi connectivity index (χ0) is 26.3. The molecule has 4 aromatic rings. The Balaban J connectivity index is 0.000000202. The summed E-state index contributed by atoms with van der Waals surface area (Å²) < 4.78 is 20.2. The van der Waals surface area contributed by atoms with Crippen LogP contribution in [0.3, 0.4) is 0 Å². The lowest BCUT2D eigenvalue weighted by atomic mass is 9.88. The molecule has 0 spiro atoms. The summed E-state index contributed by atoms with van der Waals surface area (Å²) in [6.45, 7) is 0. The van der Waals surface area contributed by atoms with E-state index < -0.39 is 7.12 Å². The molecule has 188 valence electrons. The first-order valence-electron chi connectivity index (χ1n) is 10.7. The van der Waals surface area contributed by atoms with Crippen LogP contribution in [0.5, 0.6) is 0 Å². The van der Waals surface area contributed by atoms with Crippen LogP contribution in [-0.2, 0) is 31.9 Å². The van der Waals surface area contributed by atoms with Crippen LogP contribution < -0.4 is 5.66 Å². The molecule has 0 saturated carbocycles. The van der Waals surface area contributed by atoms with Crippen molar-refractivity contribution in [2.24, 2.45) is 0 Å². The number of hydrogen-bond acceptors (Lipinski definition) is 8. The summed E-state index contributed by atoms with van der Waals surface area (Å²) in [7, 11) is 1.31. The Bertz CT molecular complexity index is 1190. The number of carbonyl (C=O) groups excluding carboxylic acids is 2. The van der Waals surface area contributed by atoms with E-state index in [2.05, 4.69) is 36.5 Å². The Kier molecular flexibility index (Phi) is 12.5. The highest BCUT2D eigenvalue weighted by atomic mass is 127. The summed E-state index contributed by atoms with van der Waals surface area (Å²) in [5.74, 6) is 0.317. The lowest BCUT2D eigenvalue weighted by Gasteiger charge is -2.05. The molecular formula is C26H26BIO8. The molecule has 0 bridgehead atoms. The number of furan rings is 2. The van der Waals surface area contributed by atoms with Gasteiger partial charge in [0.05, 0.1) is 39.6 Å². The maximum absolute atomic E-state index is 11.3. The topological polar surface area (TPSA) is 119 Å². The molecule has 2 aromatic heterocycles. The normalized spacial score (nSPS) is 9.69. The van der Waals surface area contributed by atoms with Gasteiger partial charge >= 0.3 is 19.1 Å². The number of ether oxygens (including phenoxy) is 2. The molecule has 2 heterocycles. The van der Waals surface area contributed by atoms with Crippen LogP contribution in [0.2, 0.25) is 0 Å². The standard InChI is InChI=1S/C13H12O3.C9H9IO2.C4H5BO3/c1-15-13(14)9-10-5-2-3-6-11(10)12-7-4-8-16-12;1-12-9(11)6-7-4-2-3-5-8(7)10;6-5(7)4-2-1-3-8-4/h2-8H,9H2,1H3;2-5H,6H2,1H3;1-3,6-7H. The first-order chi connectivity index (χ1) is 17.3. The molecule has 0 aliphatic rings. The molecule has 10 heteroatoms. The van der Waals surface area contributed by atoms with Gasteiger partial charge in [-0.25, -0.2) is 0 Å². The Hall–Kier alpha value is -3.35. The predicted molar refractivity (Wildman–Crippen MR) is 143 cm³/mol. The zero-order valence-corrected chi connectivity index (χ0v) is 22.0. The van der Waals surface area contributed by atoms with Gasteiger partial charge in [-0.15, -0.1) is 0 Å². The smallest absolute Gasteiger partial charge is 0.473 e. The van der Waals surface area contributed by atoms with Crippen molar-refractivity contribution in [2.45, 2.75) is 12.8 Å². The minimum atomic E-state index is -1.48. The minimum Gasteiger partial charge on any atom is -0.473 e. The zero-order valence-electron chi connectivity index (χ0n) is 19.8. The molecular weight excluding hydrogens is 578 g/mol. The molecule has 0 unspecified atom stereocenters. The van der Waals surface area contributed by atoms with E-state index in [9.17, 15) is 9.59 Å². The first-order valence-corrected chi connectivity index (χ1v) is 11.8. The van der Waals surface area contributed by atoms with Gasteiger partial charge in [-0.3, -0.25) is 9.59 Å². The first kappa shape index (κ1) is 28.9. The SMILES string of the molecule is COC(=O)Cc1ccccc1-c1ccco1.COC(=O)Cc1ccccc1I.OB(O)c1ccco1. The summed E-state index contributed by atoms with van der Waals surface area (Å²) in [5.41, 5.74) is 3.03. The minimum absolute atomic E-state index is 0.171. The van der Waals surface area contributed by atoms with Crippen LogP contribution in [0.15, 0.2) is 94.2 Å². The second-order valence-electron chi connectivity index (χ2n) is 7.12. The fourth-order valence-corrected chi connectivity index (χ4v) is 3.46. The Morgan fingerprint density at radius 1 is 0.778 bits per heavy atom. The molecule has 0 radical (unpaired) electrons. The third kappa shape index (κ3) is 9.72. The number of carbonyl (C=O) groups is 2. The van der Waals surface area contributed by atoms with Crippen LogP contribution in [0, 0.1) is 3.57 Å². The van der Waals surface area contributed by atoms with E-state index >= 15 is 0 Å². The average Bonchev–Trinajstić information content (AvgIpc) is 3.61. The Morgan fingerprint density at radius 2 is 1.33 bits per heavy atom. The van der Waals surface area contributed by atoms with Crippen molar-refractivity contribution in [3.63, 3.8) is 0 Å². The van der Waals surface area contributed by atoms with E-state index in [1.165, 1.54) is 26.5 Å². The molecule has 0 fully saturated rings. The number of halogens is 1. The van der Waals surface area contributed by atoms with Crippen molar-refractivity contribution in [3.8, 4) is 11.3 Å². The third-order valence-electron chi connectivity index (χ3n) is 4.68. The summed E-state index contributed by atoms with van der Waals surface area (Å²) in [6, 6.07) is 22.2. The van der Waals surface area contributed by atoms with Crippen molar-refractivity contribution >= 4 is 47.3 Å². The van der Waals surface area contributed by atoms with Crippen molar-refractivity contribution < 1.29 is 37.9 Å². The van der Waals surface area contributed by atoms with E-state index in [0.717, 1.165) is 26.0 Å². The van der Waals surface area contributed by atoms with E-state index in [-0.39, 0.29) is 24.0 Å². The van der Waals surface area contributed by atoms with Gasteiger partial charge in [0, 0.05) is 9.13 Å². The maximum atomic E-state index is 11.3. The Labute approximate surface area is 223 Å². The second-order valence-corrected chi connectivity index (χ2v) is 8.28. The van der Waals surface area contributed by atoms with Gasteiger partial charge in [0.25, 0.3) is 0 Å². The van der Waals surface area contributed by atoms with Crippen LogP contribution in [-0.4, -0.2) is 43.3 Å². The van der Waals surface area contributed by atoms with Crippen LogP contribution >= 0.6 is 22.6 Å². The largest absolute Gasteiger partial charge is 0.526 e. The molecule has 36 heavy (non-hydrogen) atoms. The van der Waals surface area contributed by atoms with Gasteiger partial charge < -0.3 is 28.4 Å². The molecule has 8 nitrogen and oxygen atoms in total. The van der Waals surface area contributed by atoms with E-state index in [4.69, 9.17) is 14.5 Å². The van der Waals surface area contributed by atoms with Gasteiger partial charge in [0.1, 0.15) is 11.4 Å². The lowest BCUT2D eigenvalue weighted by Crippen LogP contribution is -2.27. The predicted octanol–water partition coefficient (Wildman–Crippen LogP) is 3.63. The molecule has 0 aliphatic heterocycles. The second kappa shape index (κ2) is 15.6. The fraction of sp³-hybridized carbons (Fsp3) is 0.154. The summed E-state index contributed by atoms with van der Waals surface area (Å²) >= 11 is 2.20. The third-order valence-corrected chi connectivity index (χ3v) is 5.74. The molecule has 0 amide bonds. The monoisotopic (exact) mass is 604 g/mol. The van der Waals surface area contributed by atoms with Gasteiger partial charge in [0.15, 0.2) is 0 Å². The number of benzene rings is 2. The molecule has 4 rings (SSSR count). The maximum Gasteiger partial charge on any atom is 0.526 e. The molecule has 0 atom stereocenters. The lowest BCUT2D eigenvalue weighted by molar-refractivity contribution is -0.140. The molecule has 2 N–H and O–H groups in total. The molecule has 0 saturated heterocycles. The van der Waals surface area contributed by atoms with Crippen molar-refractivity contribution in [3.05, 3.63) is 100 Å². The van der Waals surface area contributed by atoms with Gasteiger partial charge in [-0.05, 0) is 64.0 Å². The van der Waals surface area contributed by atoms with Gasteiger partial charge in [-0.1, -0.05) is 42.5 Å². The molecule has 0 aliphatic carbocycles. The van der Waals surface area contributed by atoms with Gasteiger partial charge in [0.2, 0.25) is 0 Å². The van der Waals surface area contributed by atoms with Crippen LogP contribution in [0.4, 0.5) is 0 Å². The number of hydrogen-bond donors (Lipinski definition) is 2. The Morgan fingerprint density at radius 3 is 1.83 bits per heavy atom. The summed E-state index contributed by atoms with van der Waals surface area (Å²) in [4.78, 5) is 22.2. The summed E-state index contributed by atoms with van der Waals surface area (Å²) in [5, 5.41) is 16.7. The number of esters is 2. The fourth-order valence-electron chi connectivity index (χ4n) is 2.88. The van der Waals surface area contributed by atoms with Crippen LogP contribution in [0.25, 0.3) is 11.3 Å². The van der Waals surface area contributed by atoms with Gasteiger partial charge in [-0.2, -0.15) is 0 Å². The van der Waals surface area contributed by atoms with Crippen molar-refractivity contribution in [2.75, 3.05) is 14.2 Å².